The van der Waals surface area contributed by atoms with Gasteiger partial charge >= 0.3 is 0 Å². The van der Waals surface area contributed by atoms with E-state index in [1.165, 1.54) is 12.8 Å². The lowest BCUT2D eigenvalue weighted by Gasteiger charge is -2.27. The van der Waals surface area contributed by atoms with Gasteiger partial charge in [-0.3, -0.25) is 4.90 Å². The van der Waals surface area contributed by atoms with Crippen LogP contribution in [-0.2, 0) is 0 Å². The maximum atomic E-state index is 8.96. The van der Waals surface area contributed by atoms with Gasteiger partial charge < -0.3 is 5.32 Å². The van der Waals surface area contributed by atoms with E-state index in [0.29, 0.717) is 6.04 Å². The Kier molecular flexibility index (Phi) is 4.20. The molecule has 1 saturated heterocycles. The van der Waals surface area contributed by atoms with Crippen molar-refractivity contribution in [2.75, 3.05) is 20.1 Å². The number of nitrogens with zero attached hydrogens (tertiary/aromatic N) is 2. The molecule has 0 aromatic rings. The molecule has 0 saturated carbocycles. The van der Waals surface area contributed by atoms with Crippen LogP contribution in [0.2, 0.25) is 0 Å². The summed E-state index contributed by atoms with van der Waals surface area (Å²) in [6.45, 7) is 4.19. The average molecular weight is 181 g/mol. The Balaban J connectivity index is 2.51. The fourth-order valence-corrected chi connectivity index (χ4v) is 2.12. The smallest absolute Gasteiger partial charge is 0.0978 e. The van der Waals surface area contributed by atoms with Crippen molar-refractivity contribution in [3.63, 3.8) is 0 Å². The molecule has 0 aliphatic carbocycles. The van der Waals surface area contributed by atoms with Gasteiger partial charge in [-0.25, -0.2) is 0 Å². The molecule has 1 aliphatic rings. The van der Waals surface area contributed by atoms with Gasteiger partial charge in [-0.1, -0.05) is 6.92 Å². The molecule has 13 heavy (non-hydrogen) atoms. The molecule has 0 radical (unpaired) electrons. The number of hydrogen-bond donors (Lipinski definition) is 1. The molecule has 3 nitrogen and oxygen atoms in total. The highest BCUT2D eigenvalue weighted by Gasteiger charge is 2.28. The number of nitriles is 1. The Morgan fingerprint density at radius 2 is 2.46 bits per heavy atom. The highest BCUT2D eigenvalue weighted by atomic mass is 15.2. The highest BCUT2D eigenvalue weighted by molar-refractivity contribution is 4.96. The Morgan fingerprint density at radius 1 is 1.69 bits per heavy atom. The van der Waals surface area contributed by atoms with E-state index < -0.39 is 0 Å². The van der Waals surface area contributed by atoms with Crippen LogP contribution in [0.4, 0.5) is 0 Å². The number of likely N-dealkylation sites (N-methyl/N-ethyl adjacent to an activating group) is 1. The van der Waals surface area contributed by atoms with Gasteiger partial charge in [-0.15, -0.1) is 0 Å². The van der Waals surface area contributed by atoms with Crippen LogP contribution in [0, 0.1) is 11.3 Å². The van der Waals surface area contributed by atoms with Crippen LogP contribution >= 0.6 is 0 Å². The zero-order valence-corrected chi connectivity index (χ0v) is 8.58. The van der Waals surface area contributed by atoms with Gasteiger partial charge in [0, 0.05) is 12.6 Å². The van der Waals surface area contributed by atoms with Crippen molar-refractivity contribution in [1.29, 1.82) is 5.26 Å². The van der Waals surface area contributed by atoms with E-state index >= 15 is 0 Å². The SMILES string of the molecule is CCC(C#N)N1CCCC1CNC. The fraction of sp³-hybridized carbons (Fsp3) is 0.900. The molecule has 74 valence electrons. The first-order valence-corrected chi connectivity index (χ1v) is 5.13. The maximum Gasteiger partial charge on any atom is 0.0978 e. The number of hydrogen-bond acceptors (Lipinski definition) is 3. The molecule has 3 heteroatoms. The third kappa shape index (κ3) is 2.43. The van der Waals surface area contributed by atoms with E-state index in [1.807, 2.05) is 7.05 Å². The Bertz CT molecular complexity index is 185. The predicted octanol–water partition coefficient (Wildman–Crippen LogP) is 0.972. The van der Waals surface area contributed by atoms with Crippen molar-refractivity contribution < 1.29 is 0 Å². The summed E-state index contributed by atoms with van der Waals surface area (Å²) in [4.78, 5) is 2.34. The summed E-state index contributed by atoms with van der Waals surface area (Å²) < 4.78 is 0. The van der Waals surface area contributed by atoms with Gasteiger partial charge in [-0.2, -0.15) is 5.26 Å². The lowest BCUT2D eigenvalue weighted by molar-refractivity contribution is 0.209. The molecule has 1 fully saturated rings. The van der Waals surface area contributed by atoms with E-state index in [9.17, 15) is 0 Å². The fourth-order valence-electron chi connectivity index (χ4n) is 2.12. The predicted molar refractivity (Wildman–Crippen MR) is 53.3 cm³/mol. The second kappa shape index (κ2) is 5.21. The Labute approximate surface area is 80.7 Å². The molecule has 2 unspecified atom stereocenters. The van der Waals surface area contributed by atoms with E-state index in [-0.39, 0.29) is 6.04 Å². The van der Waals surface area contributed by atoms with Crippen molar-refractivity contribution in [3.8, 4) is 6.07 Å². The van der Waals surface area contributed by atoms with Crippen LogP contribution in [0.25, 0.3) is 0 Å². The summed E-state index contributed by atoms with van der Waals surface area (Å²) in [6.07, 6.45) is 3.42. The number of rotatable bonds is 4. The van der Waals surface area contributed by atoms with E-state index in [1.54, 1.807) is 0 Å². The maximum absolute atomic E-state index is 8.96. The first-order valence-electron chi connectivity index (χ1n) is 5.13. The monoisotopic (exact) mass is 181 g/mol. The second-order valence-electron chi connectivity index (χ2n) is 3.64. The molecule has 0 aromatic heterocycles. The average Bonchev–Trinajstić information content (AvgIpc) is 2.57. The molecular weight excluding hydrogens is 162 g/mol. The molecule has 0 amide bonds. The van der Waals surface area contributed by atoms with Crippen molar-refractivity contribution in [2.24, 2.45) is 0 Å². The van der Waals surface area contributed by atoms with Gasteiger partial charge in [0.15, 0.2) is 0 Å². The van der Waals surface area contributed by atoms with Crippen LogP contribution in [-0.4, -0.2) is 37.1 Å². The Hall–Kier alpha value is -0.590. The molecule has 1 aliphatic heterocycles. The van der Waals surface area contributed by atoms with Crippen molar-refractivity contribution in [2.45, 2.75) is 38.3 Å². The minimum absolute atomic E-state index is 0.126. The van der Waals surface area contributed by atoms with Crippen molar-refractivity contribution in [3.05, 3.63) is 0 Å². The molecular formula is C10H19N3. The molecule has 1 heterocycles. The third-order valence-electron chi connectivity index (χ3n) is 2.80. The lowest BCUT2D eigenvalue weighted by atomic mass is 10.1. The summed E-state index contributed by atoms with van der Waals surface area (Å²) in [5, 5.41) is 12.2. The minimum atomic E-state index is 0.126. The largest absolute Gasteiger partial charge is 0.318 e. The van der Waals surface area contributed by atoms with E-state index in [2.05, 4.69) is 23.2 Å². The second-order valence-corrected chi connectivity index (χ2v) is 3.64. The molecule has 0 bridgehead atoms. The van der Waals surface area contributed by atoms with Crippen molar-refractivity contribution >= 4 is 0 Å². The van der Waals surface area contributed by atoms with Crippen LogP contribution < -0.4 is 5.32 Å². The van der Waals surface area contributed by atoms with E-state index in [0.717, 1.165) is 19.5 Å². The van der Waals surface area contributed by atoms with E-state index in [4.69, 9.17) is 5.26 Å². The summed E-state index contributed by atoms with van der Waals surface area (Å²) in [5.41, 5.74) is 0. The first kappa shape index (κ1) is 10.5. The van der Waals surface area contributed by atoms with Crippen LogP contribution in [0.3, 0.4) is 0 Å². The zero-order chi connectivity index (χ0) is 9.68. The third-order valence-corrected chi connectivity index (χ3v) is 2.80. The van der Waals surface area contributed by atoms with Crippen molar-refractivity contribution in [1.82, 2.24) is 10.2 Å². The summed E-state index contributed by atoms with van der Waals surface area (Å²) in [5.74, 6) is 0. The topological polar surface area (TPSA) is 39.1 Å². The number of likely N-dealkylation sites (tertiary alicyclic amines) is 1. The van der Waals surface area contributed by atoms with Gasteiger partial charge in [0.25, 0.3) is 0 Å². The van der Waals surface area contributed by atoms with Crippen LogP contribution in [0.15, 0.2) is 0 Å². The van der Waals surface area contributed by atoms with Gasteiger partial charge in [0.05, 0.1) is 12.1 Å². The Morgan fingerprint density at radius 3 is 3.00 bits per heavy atom. The zero-order valence-electron chi connectivity index (χ0n) is 8.58. The number of nitrogens with one attached hydrogen (secondary N) is 1. The minimum Gasteiger partial charge on any atom is -0.318 e. The molecule has 2 atom stereocenters. The molecule has 0 spiro atoms. The molecule has 1 rings (SSSR count). The highest BCUT2D eigenvalue weighted by Crippen LogP contribution is 2.20. The summed E-state index contributed by atoms with van der Waals surface area (Å²) >= 11 is 0. The van der Waals surface area contributed by atoms with Gasteiger partial charge in [-0.05, 0) is 32.9 Å². The molecule has 1 N–H and O–H groups in total. The van der Waals surface area contributed by atoms with Crippen LogP contribution in [0.1, 0.15) is 26.2 Å². The molecule has 0 aromatic carbocycles. The first-order chi connectivity index (χ1) is 6.33. The summed E-state index contributed by atoms with van der Waals surface area (Å²) in [6, 6.07) is 3.08. The normalized spacial score (nSPS) is 25.8. The van der Waals surface area contributed by atoms with Crippen LogP contribution in [0.5, 0.6) is 0 Å². The van der Waals surface area contributed by atoms with Gasteiger partial charge in [0.1, 0.15) is 0 Å². The summed E-state index contributed by atoms with van der Waals surface area (Å²) in [7, 11) is 1.98. The standard InChI is InChI=1S/C10H19N3/c1-3-9(7-11)13-6-4-5-10(13)8-12-2/h9-10,12H,3-6,8H2,1-2H3. The lowest BCUT2D eigenvalue weighted by Crippen LogP contribution is -2.42. The quantitative estimate of drug-likeness (QED) is 0.702. The van der Waals surface area contributed by atoms with Gasteiger partial charge in [0.2, 0.25) is 0 Å².